The van der Waals surface area contributed by atoms with Crippen molar-refractivity contribution in [3.63, 3.8) is 0 Å². The third-order valence-corrected chi connectivity index (χ3v) is 2.60. The van der Waals surface area contributed by atoms with Crippen molar-refractivity contribution in [2.45, 2.75) is 32.8 Å². The Morgan fingerprint density at radius 1 is 1.29 bits per heavy atom. The van der Waals surface area contributed by atoms with Crippen LogP contribution in [0.15, 0.2) is 0 Å². The minimum absolute atomic E-state index is 0.189. The van der Waals surface area contributed by atoms with Crippen molar-refractivity contribution < 1.29 is 4.74 Å². The molecule has 0 aliphatic carbocycles. The van der Waals surface area contributed by atoms with Crippen LogP contribution >= 0.6 is 0 Å². The summed E-state index contributed by atoms with van der Waals surface area (Å²) in [4.78, 5) is 2.41. The number of ether oxygens (including phenoxy) is 1. The second-order valence-electron chi connectivity index (χ2n) is 4.22. The van der Waals surface area contributed by atoms with Crippen molar-refractivity contribution in [2.75, 3.05) is 39.3 Å². The summed E-state index contributed by atoms with van der Waals surface area (Å²) in [5.41, 5.74) is 0.189. The van der Waals surface area contributed by atoms with Crippen LogP contribution in [-0.4, -0.2) is 49.8 Å². The molecule has 0 unspecified atom stereocenters. The number of hydrogen-bond acceptors (Lipinski definition) is 3. The van der Waals surface area contributed by atoms with E-state index in [1.165, 1.54) is 6.42 Å². The summed E-state index contributed by atoms with van der Waals surface area (Å²) in [6.07, 6.45) is 1.25. The van der Waals surface area contributed by atoms with Crippen LogP contribution in [0.25, 0.3) is 0 Å². The van der Waals surface area contributed by atoms with Gasteiger partial charge in [0.25, 0.3) is 0 Å². The lowest BCUT2D eigenvalue weighted by molar-refractivity contribution is -0.154. The summed E-state index contributed by atoms with van der Waals surface area (Å²) < 4.78 is 5.73. The fourth-order valence-electron chi connectivity index (χ4n) is 1.90. The topological polar surface area (TPSA) is 24.5 Å². The zero-order chi connectivity index (χ0) is 10.4. The monoisotopic (exact) mass is 200 g/mol. The van der Waals surface area contributed by atoms with Crippen molar-refractivity contribution >= 4 is 0 Å². The number of hydrogen-bond donors (Lipinski definition) is 1. The maximum absolute atomic E-state index is 5.73. The Morgan fingerprint density at radius 2 is 1.93 bits per heavy atom. The third-order valence-electron chi connectivity index (χ3n) is 2.60. The second kappa shape index (κ2) is 5.69. The molecule has 84 valence electrons. The van der Waals surface area contributed by atoms with Gasteiger partial charge in [-0.05, 0) is 6.54 Å². The number of morpholine rings is 1. The Hall–Kier alpha value is -0.120. The molecule has 2 aliphatic heterocycles. The molecule has 2 fully saturated rings. The average Bonchev–Trinajstić information content (AvgIpc) is 2.16. The molecule has 2 aliphatic rings. The van der Waals surface area contributed by atoms with E-state index in [9.17, 15) is 0 Å². The summed E-state index contributed by atoms with van der Waals surface area (Å²) in [5.74, 6) is 0. The predicted molar refractivity (Wildman–Crippen MR) is 59.6 cm³/mol. The second-order valence-corrected chi connectivity index (χ2v) is 4.22. The predicted octanol–water partition coefficient (Wildman–Crippen LogP) is 1.10. The van der Waals surface area contributed by atoms with Crippen LogP contribution in [0.1, 0.15) is 27.2 Å². The third kappa shape index (κ3) is 2.94. The molecule has 2 saturated heterocycles. The summed E-state index contributed by atoms with van der Waals surface area (Å²) in [6, 6.07) is 0. The maximum Gasteiger partial charge on any atom is 0.106 e. The molecular weight excluding hydrogens is 176 g/mol. The van der Waals surface area contributed by atoms with Gasteiger partial charge >= 0.3 is 0 Å². The molecule has 0 bridgehead atoms. The normalized spacial score (nSPS) is 25.1. The molecule has 1 spiro atoms. The molecular formula is C11H24N2O. The van der Waals surface area contributed by atoms with E-state index in [1.54, 1.807) is 0 Å². The molecule has 2 rings (SSSR count). The molecule has 0 atom stereocenters. The van der Waals surface area contributed by atoms with Gasteiger partial charge in [0.15, 0.2) is 0 Å². The lowest BCUT2D eigenvalue weighted by Crippen LogP contribution is -2.69. The van der Waals surface area contributed by atoms with Crippen molar-refractivity contribution in [3.05, 3.63) is 0 Å². The molecule has 0 radical (unpaired) electrons. The molecule has 0 aromatic carbocycles. The zero-order valence-electron chi connectivity index (χ0n) is 9.81. The number of likely N-dealkylation sites (N-methyl/N-ethyl adjacent to an activating group) is 1. The Bertz CT molecular complexity index is 147. The highest BCUT2D eigenvalue weighted by Gasteiger charge is 2.44. The smallest absolute Gasteiger partial charge is 0.106 e. The minimum atomic E-state index is 0.189. The van der Waals surface area contributed by atoms with Gasteiger partial charge in [-0.15, -0.1) is 0 Å². The number of likely N-dealkylation sites (tertiary alicyclic amines) is 1. The van der Waals surface area contributed by atoms with Gasteiger partial charge in [-0.2, -0.15) is 0 Å². The van der Waals surface area contributed by atoms with E-state index in [0.717, 1.165) is 39.3 Å². The fourth-order valence-corrected chi connectivity index (χ4v) is 1.90. The Labute approximate surface area is 87.8 Å². The molecule has 1 N–H and O–H groups in total. The number of nitrogens with zero attached hydrogens (tertiary/aromatic N) is 1. The van der Waals surface area contributed by atoms with Crippen LogP contribution < -0.4 is 5.32 Å². The standard InChI is InChI=1S/C8H16N2O.C3H8/c1-2-10-6-8(7-10)5-9-3-4-11-8;1-3-2/h9H,2-7H2,1H3;3H2,1-2H3. The molecule has 14 heavy (non-hydrogen) atoms. The van der Waals surface area contributed by atoms with Gasteiger partial charge in [-0.3, -0.25) is 4.90 Å². The van der Waals surface area contributed by atoms with Crippen molar-refractivity contribution in [1.82, 2.24) is 10.2 Å². The van der Waals surface area contributed by atoms with Gasteiger partial charge in [-0.1, -0.05) is 27.2 Å². The van der Waals surface area contributed by atoms with Crippen molar-refractivity contribution in [1.29, 1.82) is 0 Å². The van der Waals surface area contributed by atoms with Crippen LogP contribution in [0, 0.1) is 0 Å². The molecule has 0 saturated carbocycles. The molecule has 0 aromatic rings. The summed E-state index contributed by atoms with van der Waals surface area (Å²) >= 11 is 0. The highest BCUT2D eigenvalue weighted by atomic mass is 16.5. The van der Waals surface area contributed by atoms with E-state index < -0.39 is 0 Å². The summed E-state index contributed by atoms with van der Waals surface area (Å²) in [5, 5.41) is 3.37. The van der Waals surface area contributed by atoms with E-state index in [2.05, 4.69) is 31.0 Å². The van der Waals surface area contributed by atoms with Gasteiger partial charge in [0.2, 0.25) is 0 Å². The first kappa shape index (κ1) is 12.0. The van der Waals surface area contributed by atoms with E-state index >= 15 is 0 Å². The largest absolute Gasteiger partial charge is 0.370 e. The van der Waals surface area contributed by atoms with E-state index in [-0.39, 0.29) is 5.60 Å². The quantitative estimate of drug-likeness (QED) is 0.686. The highest BCUT2D eigenvalue weighted by Crippen LogP contribution is 2.25. The van der Waals surface area contributed by atoms with Crippen molar-refractivity contribution in [2.24, 2.45) is 0 Å². The van der Waals surface area contributed by atoms with Gasteiger partial charge in [0, 0.05) is 26.2 Å². The van der Waals surface area contributed by atoms with E-state index in [4.69, 9.17) is 4.74 Å². The Balaban J connectivity index is 0.000000293. The maximum atomic E-state index is 5.73. The fraction of sp³-hybridized carbons (Fsp3) is 1.00. The van der Waals surface area contributed by atoms with Gasteiger partial charge in [0.05, 0.1) is 6.61 Å². The first-order valence-corrected chi connectivity index (χ1v) is 5.83. The molecule has 0 aromatic heterocycles. The SMILES string of the molecule is CCC.CCN1CC2(CNCCO2)C1. The molecule has 3 nitrogen and oxygen atoms in total. The first-order chi connectivity index (χ1) is 6.76. The van der Waals surface area contributed by atoms with Crippen LogP contribution in [-0.2, 0) is 4.74 Å². The average molecular weight is 200 g/mol. The van der Waals surface area contributed by atoms with Gasteiger partial charge in [-0.25, -0.2) is 0 Å². The van der Waals surface area contributed by atoms with E-state index in [0.29, 0.717) is 0 Å². The van der Waals surface area contributed by atoms with Crippen LogP contribution in [0.2, 0.25) is 0 Å². The summed E-state index contributed by atoms with van der Waals surface area (Å²) in [7, 11) is 0. The van der Waals surface area contributed by atoms with Crippen molar-refractivity contribution in [3.8, 4) is 0 Å². The molecule has 0 amide bonds. The Kier molecular flexibility index (Phi) is 4.85. The minimum Gasteiger partial charge on any atom is -0.370 e. The van der Waals surface area contributed by atoms with E-state index in [1.807, 2.05) is 0 Å². The van der Waals surface area contributed by atoms with Gasteiger partial charge < -0.3 is 10.1 Å². The Morgan fingerprint density at radius 3 is 2.36 bits per heavy atom. The van der Waals surface area contributed by atoms with Crippen LogP contribution in [0.4, 0.5) is 0 Å². The summed E-state index contributed by atoms with van der Waals surface area (Å²) in [6.45, 7) is 12.8. The molecule has 2 heterocycles. The molecule has 3 heteroatoms. The lowest BCUT2D eigenvalue weighted by Gasteiger charge is -2.51. The lowest BCUT2D eigenvalue weighted by atomic mass is 9.93. The highest BCUT2D eigenvalue weighted by molar-refractivity contribution is 4.99. The van der Waals surface area contributed by atoms with Crippen LogP contribution in [0.3, 0.4) is 0 Å². The van der Waals surface area contributed by atoms with Crippen LogP contribution in [0.5, 0.6) is 0 Å². The number of nitrogens with one attached hydrogen (secondary N) is 1. The zero-order valence-corrected chi connectivity index (χ0v) is 9.81. The first-order valence-electron chi connectivity index (χ1n) is 5.83. The van der Waals surface area contributed by atoms with Gasteiger partial charge in [0.1, 0.15) is 5.60 Å². The number of rotatable bonds is 1.